The first-order valence-corrected chi connectivity index (χ1v) is 4.63. The van der Waals surface area contributed by atoms with Crippen LogP contribution < -0.4 is 0 Å². The third-order valence-corrected chi connectivity index (χ3v) is 2.35. The van der Waals surface area contributed by atoms with Crippen LogP contribution in [-0.2, 0) is 6.18 Å². The van der Waals surface area contributed by atoms with E-state index in [0.29, 0.717) is 12.1 Å². The van der Waals surface area contributed by atoms with Crippen LogP contribution in [0.15, 0.2) is 12.1 Å². The fourth-order valence-electron chi connectivity index (χ4n) is 0.925. The Hall–Kier alpha value is -0.450. The average molecular weight is 277 g/mol. The summed E-state index contributed by atoms with van der Waals surface area (Å²) < 4.78 is 36.7. The molecule has 0 unspecified atom stereocenters. The molecule has 0 aromatic heterocycles. The summed E-state index contributed by atoms with van der Waals surface area (Å²) in [7, 11) is 0. The Kier molecular flexibility index (Phi) is 3.53. The quantitative estimate of drug-likeness (QED) is 0.696. The minimum absolute atomic E-state index is 0.326. The Morgan fingerprint density at radius 2 is 1.53 bits per heavy atom. The Labute approximate surface area is 97.7 Å². The monoisotopic (exact) mass is 276 g/mol. The van der Waals surface area contributed by atoms with Crippen LogP contribution in [0, 0.1) is 0 Å². The number of rotatable bonds is 1. The zero-order valence-corrected chi connectivity index (χ0v) is 9.10. The molecule has 0 radical (unpaired) electrons. The molecule has 1 aromatic rings. The van der Waals surface area contributed by atoms with E-state index in [-0.39, 0.29) is 5.56 Å². The molecule has 0 saturated carbocycles. The molecule has 1 rings (SSSR count). The highest BCUT2D eigenvalue weighted by atomic mass is 35.5. The summed E-state index contributed by atoms with van der Waals surface area (Å²) in [6.45, 7) is 0. The molecule has 0 N–H and O–H groups in total. The maximum Gasteiger partial charge on any atom is 0.416 e. The summed E-state index contributed by atoms with van der Waals surface area (Å²) in [5.41, 5.74) is -1.35. The van der Waals surface area contributed by atoms with Crippen molar-refractivity contribution in [1.82, 2.24) is 0 Å². The summed E-state index contributed by atoms with van der Waals surface area (Å²) in [5, 5.41) is -1.84. The van der Waals surface area contributed by atoms with Gasteiger partial charge in [0.05, 0.1) is 21.2 Å². The van der Waals surface area contributed by atoms with Crippen LogP contribution in [0.2, 0.25) is 10.0 Å². The zero-order valence-electron chi connectivity index (χ0n) is 6.83. The van der Waals surface area contributed by atoms with Gasteiger partial charge in [-0.1, -0.05) is 23.2 Å². The lowest BCUT2D eigenvalue weighted by atomic mass is 10.1. The van der Waals surface area contributed by atoms with E-state index >= 15 is 0 Å². The highest BCUT2D eigenvalue weighted by molar-refractivity contribution is 6.69. The van der Waals surface area contributed by atoms with E-state index in [0.717, 1.165) is 0 Å². The lowest BCUT2D eigenvalue weighted by molar-refractivity contribution is -0.137. The van der Waals surface area contributed by atoms with Crippen molar-refractivity contribution in [3.05, 3.63) is 33.3 Å². The maximum atomic E-state index is 12.2. The molecule has 0 spiro atoms. The maximum absolute atomic E-state index is 12.2. The van der Waals surface area contributed by atoms with Crippen molar-refractivity contribution in [2.24, 2.45) is 0 Å². The molecule has 0 aliphatic heterocycles. The van der Waals surface area contributed by atoms with Gasteiger partial charge >= 0.3 is 6.18 Å². The van der Waals surface area contributed by atoms with Gasteiger partial charge in [0.25, 0.3) is 5.24 Å². The first-order chi connectivity index (χ1) is 6.73. The molecule has 15 heavy (non-hydrogen) atoms. The van der Waals surface area contributed by atoms with E-state index in [1.807, 2.05) is 0 Å². The molecule has 0 heterocycles. The highest BCUT2D eigenvalue weighted by Crippen LogP contribution is 2.36. The summed E-state index contributed by atoms with van der Waals surface area (Å²) in [5.74, 6) is 0. The number of halogens is 6. The van der Waals surface area contributed by atoms with E-state index in [1.165, 1.54) is 0 Å². The molecule has 0 bridgehead atoms. The Morgan fingerprint density at radius 1 is 1.13 bits per heavy atom. The van der Waals surface area contributed by atoms with Gasteiger partial charge in [0.1, 0.15) is 0 Å². The van der Waals surface area contributed by atoms with Crippen molar-refractivity contribution >= 4 is 40.0 Å². The number of benzene rings is 1. The predicted octanol–water partition coefficient (Wildman–Crippen LogP) is 4.39. The van der Waals surface area contributed by atoms with Gasteiger partial charge in [-0.3, -0.25) is 4.79 Å². The molecule has 7 heteroatoms. The molecule has 1 aromatic carbocycles. The molecule has 1 nitrogen and oxygen atoms in total. The van der Waals surface area contributed by atoms with Crippen LogP contribution >= 0.6 is 34.8 Å². The Bertz CT molecular complexity index is 391. The van der Waals surface area contributed by atoms with Crippen LogP contribution in [0.3, 0.4) is 0 Å². The lowest BCUT2D eigenvalue weighted by Crippen LogP contribution is -2.06. The van der Waals surface area contributed by atoms with Crippen LogP contribution in [0.25, 0.3) is 0 Å². The van der Waals surface area contributed by atoms with Gasteiger partial charge in [-0.15, -0.1) is 0 Å². The molecular weight excluding hydrogens is 275 g/mol. The van der Waals surface area contributed by atoms with Crippen molar-refractivity contribution in [1.29, 1.82) is 0 Å². The van der Waals surface area contributed by atoms with Crippen LogP contribution in [0.5, 0.6) is 0 Å². The van der Waals surface area contributed by atoms with Gasteiger partial charge in [0.2, 0.25) is 0 Å². The number of hydrogen-bond acceptors (Lipinski definition) is 1. The molecule has 0 saturated heterocycles. The van der Waals surface area contributed by atoms with Gasteiger partial charge in [0.15, 0.2) is 0 Å². The van der Waals surface area contributed by atoms with Gasteiger partial charge in [-0.05, 0) is 23.7 Å². The number of alkyl halides is 3. The minimum Gasteiger partial charge on any atom is -0.275 e. The van der Waals surface area contributed by atoms with Crippen molar-refractivity contribution in [3.63, 3.8) is 0 Å². The third kappa shape index (κ3) is 2.77. The van der Waals surface area contributed by atoms with Crippen LogP contribution in [-0.4, -0.2) is 5.24 Å². The Morgan fingerprint density at radius 3 is 1.80 bits per heavy atom. The fraction of sp³-hybridized carbons (Fsp3) is 0.125. The Balaban J connectivity index is 3.39. The smallest absolute Gasteiger partial charge is 0.275 e. The van der Waals surface area contributed by atoms with Crippen molar-refractivity contribution in [2.45, 2.75) is 6.18 Å². The molecule has 0 fully saturated rings. The largest absolute Gasteiger partial charge is 0.416 e. The van der Waals surface area contributed by atoms with E-state index in [2.05, 4.69) is 0 Å². The topological polar surface area (TPSA) is 17.1 Å². The standard InChI is InChI=1S/C8H2Cl3F3O/c9-4-1-3(8(12,13)14)2-5(10)6(4)7(11)15/h1-2H. The second-order valence-corrected chi connectivity index (χ2v) is 3.74. The molecule has 0 aliphatic rings. The molecule has 0 atom stereocenters. The second-order valence-electron chi connectivity index (χ2n) is 2.59. The average Bonchev–Trinajstić information content (AvgIpc) is 1.99. The van der Waals surface area contributed by atoms with E-state index < -0.39 is 27.0 Å². The molecule has 82 valence electrons. The van der Waals surface area contributed by atoms with Crippen LogP contribution in [0.4, 0.5) is 13.2 Å². The molecule has 0 aliphatic carbocycles. The van der Waals surface area contributed by atoms with Gasteiger partial charge in [-0.2, -0.15) is 13.2 Å². The zero-order chi connectivity index (χ0) is 11.8. The first kappa shape index (κ1) is 12.6. The van der Waals surface area contributed by atoms with Gasteiger partial charge < -0.3 is 0 Å². The van der Waals surface area contributed by atoms with Gasteiger partial charge in [-0.25, -0.2) is 0 Å². The number of hydrogen-bond donors (Lipinski definition) is 0. The van der Waals surface area contributed by atoms with Crippen LogP contribution in [0.1, 0.15) is 15.9 Å². The SMILES string of the molecule is O=C(Cl)c1c(Cl)cc(C(F)(F)F)cc1Cl. The minimum atomic E-state index is -4.57. The van der Waals surface area contributed by atoms with Crippen molar-refractivity contribution < 1.29 is 18.0 Å². The van der Waals surface area contributed by atoms with Crippen molar-refractivity contribution in [3.8, 4) is 0 Å². The van der Waals surface area contributed by atoms with E-state index in [1.54, 1.807) is 0 Å². The fourth-order valence-corrected chi connectivity index (χ4v) is 1.88. The van der Waals surface area contributed by atoms with E-state index in [9.17, 15) is 18.0 Å². The third-order valence-electron chi connectivity index (χ3n) is 1.57. The molecule has 0 amide bonds. The first-order valence-electron chi connectivity index (χ1n) is 3.49. The second kappa shape index (κ2) is 4.20. The normalized spacial score (nSPS) is 11.6. The summed E-state index contributed by atoms with van der Waals surface area (Å²) in [6.07, 6.45) is -4.57. The van der Waals surface area contributed by atoms with Gasteiger partial charge in [0, 0.05) is 0 Å². The summed E-state index contributed by atoms with van der Waals surface area (Å²) in [4.78, 5) is 10.8. The van der Waals surface area contributed by atoms with E-state index in [4.69, 9.17) is 34.8 Å². The number of carbonyl (C=O) groups is 1. The predicted molar refractivity (Wildman–Crippen MR) is 51.6 cm³/mol. The summed E-state index contributed by atoms with van der Waals surface area (Å²) >= 11 is 16.0. The highest BCUT2D eigenvalue weighted by Gasteiger charge is 2.32. The summed E-state index contributed by atoms with van der Waals surface area (Å²) in [6, 6.07) is 1.20. The number of carbonyl (C=O) groups excluding carboxylic acids is 1. The van der Waals surface area contributed by atoms with Crippen molar-refractivity contribution in [2.75, 3.05) is 0 Å². The lowest BCUT2D eigenvalue weighted by Gasteiger charge is -2.09. The molecular formula is C8H2Cl3F3O.